The Hall–Kier alpha value is -1.88. The molecular weight excluding hydrogens is 225 g/mol. The van der Waals surface area contributed by atoms with Crippen LogP contribution in [0.5, 0.6) is 0 Å². The van der Waals surface area contributed by atoms with Gasteiger partial charge in [0.2, 0.25) is 0 Å². The standard InChI is InChI=1S/C11H8FN3S/c12-8-3-1-7(2-4-8)9-6-16-11-14-10(13)5-15(9)11/h1-6H,13H2. The van der Waals surface area contributed by atoms with Gasteiger partial charge in [-0.1, -0.05) is 0 Å². The van der Waals surface area contributed by atoms with Gasteiger partial charge in [0, 0.05) is 5.38 Å². The molecule has 0 spiro atoms. The summed E-state index contributed by atoms with van der Waals surface area (Å²) in [4.78, 5) is 5.01. The molecule has 3 rings (SSSR count). The van der Waals surface area contributed by atoms with Gasteiger partial charge in [-0.3, -0.25) is 4.40 Å². The normalized spacial score (nSPS) is 11.1. The van der Waals surface area contributed by atoms with E-state index in [2.05, 4.69) is 4.98 Å². The van der Waals surface area contributed by atoms with Crippen molar-refractivity contribution in [2.75, 3.05) is 5.73 Å². The van der Waals surface area contributed by atoms with Crippen LogP contribution >= 0.6 is 11.3 Å². The molecule has 0 saturated heterocycles. The third kappa shape index (κ3) is 1.37. The van der Waals surface area contributed by atoms with Crippen LogP contribution in [0.3, 0.4) is 0 Å². The first-order valence-corrected chi connectivity index (χ1v) is 5.60. The number of halogens is 1. The van der Waals surface area contributed by atoms with Gasteiger partial charge in [-0.2, -0.15) is 0 Å². The van der Waals surface area contributed by atoms with Gasteiger partial charge in [0.15, 0.2) is 4.96 Å². The van der Waals surface area contributed by atoms with Crippen LogP contribution in [0.1, 0.15) is 0 Å². The van der Waals surface area contributed by atoms with Gasteiger partial charge in [-0.05, 0) is 29.8 Å². The summed E-state index contributed by atoms with van der Waals surface area (Å²) < 4.78 is 14.7. The fraction of sp³-hybridized carbons (Fsp3) is 0. The van der Waals surface area contributed by atoms with Crippen LogP contribution in [-0.4, -0.2) is 9.38 Å². The first kappa shape index (κ1) is 9.35. The van der Waals surface area contributed by atoms with Crippen LogP contribution in [0.2, 0.25) is 0 Å². The Bertz CT molecular complexity index is 639. The molecule has 0 fully saturated rings. The van der Waals surface area contributed by atoms with Crippen molar-refractivity contribution in [3.8, 4) is 11.3 Å². The number of nitrogens with zero attached hydrogens (tertiary/aromatic N) is 2. The SMILES string of the molecule is Nc1cn2c(-c3ccc(F)cc3)csc2n1. The van der Waals surface area contributed by atoms with Gasteiger partial charge in [-0.15, -0.1) is 11.3 Å². The molecule has 0 amide bonds. The van der Waals surface area contributed by atoms with E-state index in [0.717, 1.165) is 16.2 Å². The average Bonchev–Trinajstić information content (AvgIpc) is 2.78. The smallest absolute Gasteiger partial charge is 0.196 e. The Morgan fingerprint density at radius 3 is 2.75 bits per heavy atom. The monoisotopic (exact) mass is 233 g/mol. The molecule has 5 heteroatoms. The zero-order chi connectivity index (χ0) is 11.1. The molecule has 2 aromatic heterocycles. The maximum atomic E-state index is 12.8. The molecule has 0 aliphatic rings. The van der Waals surface area contributed by atoms with E-state index in [0.29, 0.717) is 5.82 Å². The molecule has 0 atom stereocenters. The second-order valence-corrected chi connectivity index (χ2v) is 4.28. The molecule has 0 unspecified atom stereocenters. The predicted molar refractivity (Wildman–Crippen MR) is 62.9 cm³/mol. The number of fused-ring (bicyclic) bond motifs is 1. The Morgan fingerprint density at radius 1 is 1.25 bits per heavy atom. The van der Waals surface area contributed by atoms with Gasteiger partial charge in [0.05, 0.1) is 11.9 Å². The summed E-state index contributed by atoms with van der Waals surface area (Å²) in [5.74, 6) is 0.260. The summed E-state index contributed by atoms with van der Waals surface area (Å²) in [6.45, 7) is 0. The Labute approximate surface area is 95.0 Å². The van der Waals surface area contributed by atoms with Crippen molar-refractivity contribution < 1.29 is 4.39 Å². The van der Waals surface area contributed by atoms with Gasteiger partial charge in [0.1, 0.15) is 11.6 Å². The maximum absolute atomic E-state index is 12.8. The molecule has 0 radical (unpaired) electrons. The fourth-order valence-corrected chi connectivity index (χ4v) is 2.52. The topological polar surface area (TPSA) is 43.3 Å². The summed E-state index contributed by atoms with van der Waals surface area (Å²) >= 11 is 1.51. The minimum absolute atomic E-state index is 0.236. The highest BCUT2D eigenvalue weighted by Crippen LogP contribution is 2.26. The molecule has 0 saturated carbocycles. The molecule has 2 N–H and O–H groups in total. The number of benzene rings is 1. The van der Waals surface area contributed by atoms with Crippen molar-refractivity contribution in [1.82, 2.24) is 9.38 Å². The third-order valence-electron chi connectivity index (χ3n) is 2.37. The number of rotatable bonds is 1. The van der Waals surface area contributed by atoms with Crippen molar-refractivity contribution in [1.29, 1.82) is 0 Å². The van der Waals surface area contributed by atoms with E-state index in [1.165, 1.54) is 23.5 Å². The fourth-order valence-electron chi connectivity index (χ4n) is 1.63. The number of hydrogen-bond donors (Lipinski definition) is 1. The predicted octanol–water partition coefficient (Wildman–Crippen LogP) is 2.78. The maximum Gasteiger partial charge on any atom is 0.196 e. The van der Waals surface area contributed by atoms with Crippen molar-refractivity contribution in [3.05, 3.63) is 41.7 Å². The van der Waals surface area contributed by atoms with Gasteiger partial charge in [-0.25, -0.2) is 9.37 Å². The minimum Gasteiger partial charge on any atom is -0.382 e. The van der Waals surface area contributed by atoms with Crippen molar-refractivity contribution >= 4 is 22.1 Å². The second kappa shape index (κ2) is 3.31. The van der Waals surface area contributed by atoms with Crippen LogP contribution in [0.15, 0.2) is 35.8 Å². The molecule has 0 aliphatic carbocycles. The van der Waals surface area contributed by atoms with E-state index >= 15 is 0 Å². The molecule has 2 heterocycles. The quantitative estimate of drug-likeness (QED) is 0.702. The summed E-state index contributed by atoms with van der Waals surface area (Å²) in [5, 5.41) is 1.98. The van der Waals surface area contributed by atoms with Crippen LogP contribution in [0, 0.1) is 5.82 Å². The summed E-state index contributed by atoms with van der Waals surface area (Å²) in [7, 11) is 0. The molecule has 3 nitrogen and oxygen atoms in total. The lowest BCUT2D eigenvalue weighted by Crippen LogP contribution is -1.85. The van der Waals surface area contributed by atoms with E-state index in [1.54, 1.807) is 18.3 Å². The Balaban J connectivity index is 2.21. The number of anilines is 1. The van der Waals surface area contributed by atoms with Gasteiger partial charge in [0.25, 0.3) is 0 Å². The average molecular weight is 233 g/mol. The first-order valence-electron chi connectivity index (χ1n) is 4.72. The largest absolute Gasteiger partial charge is 0.382 e. The van der Waals surface area contributed by atoms with E-state index in [9.17, 15) is 4.39 Å². The molecule has 1 aromatic carbocycles. The Morgan fingerprint density at radius 2 is 2.00 bits per heavy atom. The lowest BCUT2D eigenvalue weighted by atomic mass is 10.2. The van der Waals surface area contributed by atoms with E-state index < -0.39 is 0 Å². The lowest BCUT2D eigenvalue weighted by Gasteiger charge is -1.98. The third-order valence-corrected chi connectivity index (χ3v) is 3.21. The minimum atomic E-state index is -0.236. The van der Waals surface area contributed by atoms with Crippen LogP contribution in [0.25, 0.3) is 16.2 Å². The number of imidazole rings is 1. The zero-order valence-corrected chi connectivity index (χ0v) is 9.04. The molecular formula is C11H8FN3S. The highest BCUT2D eigenvalue weighted by Gasteiger charge is 2.08. The van der Waals surface area contributed by atoms with Gasteiger partial charge < -0.3 is 5.73 Å². The zero-order valence-electron chi connectivity index (χ0n) is 8.22. The van der Waals surface area contributed by atoms with Crippen LogP contribution in [-0.2, 0) is 0 Å². The number of thiazole rings is 1. The van der Waals surface area contributed by atoms with E-state index in [-0.39, 0.29) is 5.82 Å². The summed E-state index contributed by atoms with van der Waals surface area (Å²) in [6.07, 6.45) is 1.77. The number of aromatic nitrogens is 2. The molecule has 80 valence electrons. The molecule has 16 heavy (non-hydrogen) atoms. The summed E-state index contributed by atoms with van der Waals surface area (Å²) in [6, 6.07) is 6.37. The van der Waals surface area contributed by atoms with Crippen molar-refractivity contribution in [2.45, 2.75) is 0 Å². The number of nitrogen functional groups attached to an aromatic ring is 1. The number of nitrogens with two attached hydrogens (primary N) is 1. The highest BCUT2D eigenvalue weighted by molar-refractivity contribution is 7.15. The molecule has 0 aliphatic heterocycles. The summed E-state index contributed by atoms with van der Waals surface area (Å²) in [5.41, 5.74) is 7.55. The molecule has 3 aromatic rings. The Kier molecular flexibility index (Phi) is 1.94. The van der Waals surface area contributed by atoms with Crippen molar-refractivity contribution in [3.63, 3.8) is 0 Å². The number of hydrogen-bond acceptors (Lipinski definition) is 3. The highest BCUT2D eigenvalue weighted by atomic mass is 32.1. The first-order chi connectivity index (χ1) is 7.74. The lowest BCUT2D eigenvalue weighted by molar-refractivity contribution is 0.628. The van der Waals surface area contributed by atoms with E-state index in [1.807, 2.05) is 9.78 Å². The molecule has 0 bridgehead atoms. The van der Waals surface area contributed by atoms with Gasteiger partial charge >= 0.3 is 0 Å². The van der Waals surface area contributed by atoms with Crippen LogP contribution < -0.4 is 5.73 Å². The van der Waals surface area contributed by atoms with Crippen LogP contribution in [0.4, 0.5) is 10.2 Å². The van der Waals surface area contributed by atoms with E-state index in [4.69, 9.17) is 5.73 Å². The van der Waals surface area contributed by atoms with Crippen molar-refractivity contribution in [2.24, 2.45) is 0 Å². The second-order valence-electron chi connectivity index (χ2n) is 3.45.